The second-order valence-electron chi connectivity index (χ2n) is 6.08. The molecule has 0 aromatic heterocycles. The predicted octanol–water partition coefficient (Wildman–Crippen LogP) is 3.89. The number of rotatable bonds is 3. The van der Waals surface area contributed by atoms with E-state index in [1.54, 1.807) is 0 Å². The van der Waals surface area contributed by atoms with E-state index in [4.69, 9.17) is 9.31 Å². The Hall–Kier alpha value is -1.06. The fourth-order valence-corrected chi connectivity index (χ4v) is 2.07. The van der Waals surface area contributed by atoms with E-state index in [2.05, 4.69) is 65.0 Å². The van der Waals surface area contributed by atoms with E-state index >= 15 is 0 Å². The van der Waals surface area contributed by atoms with Crippen molar-refractivity contribution in [2.75, 3.05) is 0 Å². The molecular weight excluding hydrogens is 235 g/mol. The lowest BCUT2D eigenvalue weighted by atomic mass is 9.89. The van der Waals surface area contributed by atoms with Gasteiger partial charge in [0.05, 0.1) is 11.2 Å². The molecule has 0 unspecified atom stereocenters. The second-order valence-corrected chi connectivity index (χ2v) is 6.08. The molecule has 0 radical (unpaired) electrons. The number of aryl methyl sites for hydroxylation is 1. The first-order chi connectivity index (χ1) is 8.84. The van der Waals surface area contributed by atoms with Crippen molar-refractivity contribution in [1.82, 2.24) is 0 Å². The average Bonchev–Trinajstić information content (AvgIpc) is 2.56. The van der Waals surface area contributed by atoms with Crippen molar-refractivity contribution in [2.24, 2.45) is 0 Å². The zero-order valence-electron chi connectivity index (χ0n) is 12.6. The van der Waals surface area contributed by atoms with Gasteiger partial charge in [-0.2, -0.15) is 0 Å². The topological polar surface area (TPSA) is 18.5 Å². The summed E-state index contributed by atoms with van der Waals surface area (Å²) < 4.78 is 11.9. The molecule has 1 aliphatic heterocycles. The third-order valence-electron chi connectivity index (χ3n) is 4.08. The Morgan fingerprint density at radius 3 is 2.32 bits per heavy atom. The third-order valence-corrected chi connectivity index (χ3v) is 4.08. The quantitative estimate of drug-likeness (QED) is 0.765. The Bertz CT molecular complexity index is 461. The van der Waals surface area contributed by atoms with Gasteiger partial charge in [0.15, 0.2) is 0 Å². The minimum Gasteiger partial charge on any atom is -0.400 e. The normalized spacial score (nSPS) is 21.2. The van der Waals surface area contributed by atoms with Gasteiger partial charge < -0.3 is 9.31 Å². The molecule has 19 heavy (non-hydrogen) atoms. The van der Waals surface area contributed by atoms with Gasteiger partial charge in [0.25, 0.3) is 0 Å². The van der Waals surface area contributed by atoms with E-state index < -0.39 is 0 Å². The highest BCUT2D eigenvalue weighted by molar-refractivity contribution is 6.52. The molecule has 0 spiro atoms. The third kappa shape index (κ3) is 3.10. The first-order valence-corrected chi connectivity index (χ1v) is 6.97. The summed E-state index contributed by atoms with van der Waals surface area (Å²) in [7, 11) is -0.268. The number of hydrogen-bond acceptors (Lipinski definition) is 2. The van der Waals surface area contributed by atoms with E-state index in [1.165, 1.54) is 11.1 Å². The van der Waals surface area contributed by atoms with Crippen molar-refractivity contribution in [3.63, 3.8) is 0 Å². The highest BCUT2D eigenvalue weighted by atomic mass is 16.7. The van der Waals surface area contributed by atoms with Crippen LogP contribution in [0.25, 0.3) is 6.08 Å². The molecule has 2 nitrogen and oxygen atoms in total. The van der Waals surface area contributed by atoms with Gasteiger partial charge in [-0.15, -0.1) is 0 Å². The zero-order valence-corrected chi connectivity index (χ0v) is 12.6. The molecule has 0 N–H and O–H groups in total. The molecule has 2 rings (SSSR count). The molecule has 1 heterocycles. The van der Waals surface area contributed by atoms with E-state index in [1.807, 2.05) is 5.98 Å². The van der Waals surface area contributed by atoms with Crippen LogP contribution in [0.1, 0.15) is 45.7 Å². The van der Waals surface area contributed by atoms with Gasteiger partial charge in [0.2, 0.25) is 0 Å². The molecule has 0 saturated carbocycles. The summed E-state index contributed by atoms with van der Waals surface area (Å²) in [6.45, 7) is 10.4. The largest absolute Gasteiger partial charge is 0.487 e. The molecular formula is C16H23BO2. The molecule has 1 aromatic rings. The standard InChI is InChI=1S/C16H23BO2/c1-6-13-8-7-9-14(12-13)10-11-17-18-15(2,3)16(4,5)19-17/h7-12H,6H2,1-5H3/b11-10+. The molecule has 0 atom stereocenters. The van der Waals surface area contributed by atoms with Crippen LogP contribution < -0.4 is 0 Å². The minimum absolute atomic E-state index is 0.268. The van der Waals surface area contributed by atoms with Crippen LogP contribution in [0, 0.1) is 0 Å². The smallest absolute Gasteiger partial charge is 0.400 e. The van der Waals surface area contributed by atoms with Gasteiger partial charge in [0.1, 0.15) is 0 Å². The highest BCUT2D eigenvalue weighted by Gasteiger charge is 2.49. The van der Waals surface area contributed by atoms with Crippen LogP contribution in [0.2, 0.25) is 0 Å². The lowest BCUT2D eigenvalue weighted by Gasteiger charge is -2.32. The molecule has 0 aliphatic carbocycles. The molecule has 102 valence electrons. The maximum absolute atomic E-state index is 5.93. The van der Waals surface area contributed by atoms with Crippen molar-refractivity contribution >= 4 is 13.2 Å². The van der Waals surface area contributed by atoms with Gasteiger partial charge in [-0.3, -0.25) is 0 Å². The SMILES string of the molecule is CCc1cccc(/C=C/B2OC(C)(C)C(C)(C)O2)c1. The van der Waals surface area contributed by atoms with Gasteiger partial charge >= 0.3 is 7.12 Å². The van der Waals surface area contributed by atoms with E-state index in [0.29, 0.717) is 0 Å². The fourth-order valence-electron chi connectivity index (χ4n) is 2.07. The maximum atomic E-state index is 5.93. The number of benzene rings is 1. The van der Waals surface area contributed by atoms with E-state index in [9.17, 15) is 0 Å². The van der Waals surface area contributed by atoms with Crippen LogP contribution in [-0.4, -0.2) is 18.3 Å². The summed E-state index contributed by atoms with van der Waals surface area (Å²) in [5.74, 6) is 1.99. The van der Waals surface area contributed by atoms with Crippen LogP contribution in [0.3, 0.4) is 0 Å². The monoisotopic (exact) mass is 258 g/mol. The van der Waals surface area contributed by atoms with Crippen LogP contribution in [0.5, 0.6) is 0 Å². The first-order valence-electron chi connectivity index (χ1n) is 6.97. The first kappa shape index (κ1) is 14.4. The van der Waals surface area contributed by atoms with Crippen LogP contribution in [0.4, 0.5) is 0 Å². The molecule has 3 heteroatoms. The van der Waals surface area contributed by atoms with Crippen molar-refractivity contribution in [2.45, 2.75) is 52.2 Å². The van der Waals surface area contributed by atoms with E-state index in [-0.39, 0.29) is 18.3 Å². The highest BCUT2D eigenvalue weighted by Crippen LogP contribution is 2.36. The van der Waals surface area contributed by atoms with Crippen LogP contribution in [0.15, 0.2) is 30.2 Å². The van der Waals surface area contributed by atoms with Crippen LogP contribution in [-0.2, 0) is 15.7 Å². The lowest BCUT2D eigenvalue weighted by Crippen LogP contribution is -2.41. The summed E-state index contributed by atoms with van der Waals surface area (Å²) in [4.78, 5) is 0. The molecule has 0 amide bonds. The lowest BCUT2D eigenvalue weighted by molar-refractivity contribution is 0.00578. The average molecular weight is 258 g/mol. The van der Waals surface area contributed by atoms with Gasteiger partial charge in [-0.1, -0.05) is 43.2 Å². The van der Waals surface area contributed by atoms with Gasteiger partial charge in [-0.05, 0) is 45.2 Å². The summed E-state index contributed by atoms with van der Waals surface area (Å²) in [5, 5.41) is 0. The molecule has 1 aliphatic rings. The van der Waals surface area contributed by atoms with Crippen molar-refractivity contribution in [3.8, 4) is 0 Å². The summed E-state index contributed by atoms with van der Waals surface area (Å²) in [6.07, 6.45) is 3.12. The fraction of sp³-hybridized carbons (Fsp3) is 0.500. The molecule has 1 saturated heterocycles. The van der Waals surface area contributed by atoms with Crippen LogP contribution >= 0.6 is 0 Å². The van der Waals surface area contributed by atoms with Gasteiger partial charge in [0, 0.05) is 0 Å². The second kappa shape index (κ2) is 5.14. The Morgan fingerprint density at radius 2 is 1.74 bits per heavy atom. The van der Waals surface area contributed by atoms with Crippen molar-refractivity contribution in [1.29, 1.82) is 0 Å². The Morgan fingerprint density at radius 1 is 1.11 bits per heavy atom. The Kier molecular flexibility index (Phi) is 3.89. The minimum atomic E-state index is -0.271. The summed E-state index contributed by atoms with van der Waals surface area (Å²) >= 11 is 0. The molecule has 1 fully saturated rings. The molecule has 0 bridgehead atoms. The Balaban J connectivity index is 2.08. The molecule has 1 aromatic carbocycles. The van der Waals surface area contributed by atoms with Gasteiger partial charge in [-0.25, -0.2) is 0 Å². The zero-order chi connectivity index (χ0) is 14.1. The Labute approximate surface area is 117 Å². The van der Waals surface area contributed by atoms with E-state index in [0.717, 1.165) is 6.42 Å². The van der Waals surface area contributed by atoms with Crippen molar-refractivity contribution in [3.05, 3.63) is 41.4 Å². The maximum Gasteiger partial charge on any atom is 0.487 e. The summed E-state index contributed by atoms with van der Waals surface area (Å²) in [6, 6.07) is 8.53. The van der Waals surface area contributed by atoms with Crippen molar-refractivity contribution < 1.29 is 9.31 Å². The number of hydrogen-bond donors (Lipinski definition) is 0. The summed E-state index contributed by atoms with van der Waals surface area (Å²) in [5.41, 5.74) is 1.99. The predicted molar refractivity (Wildman–Crippen MR) is 80.9 cm³/mol.